The van der Waals surface area contributed by atoms with Crippen molar-refractivity contribution in [1.82, 2.24) is 14.7 Å². The molecule has 1 heterocycles. The molecule has 6 heteroatoms. The minimum atomic E-state index is 0.0985. The van der Waals surface area contributed by atoms with Gasteiger partial charge in [0, 0.05) is 33.2 Å². The van der Waals surface area contributed by atoms with Gasteiger partial charge >= 0.3 is 0 Å². The van der Waals surface area contributed by atoms with Gasteiger partial charge in [0.25, 0.3) is 0 Å². The molecule has 0 atom stereocenters. The van der Waals surface area contributed by atoms with Crippen molar-refractivity contribution in [3.63, 3.8) is 0 Å². The molecule has 24 heavy (non-hydrogen) atoms. The molecule has 1 saturated heterocycles. The highest BCUT2D eigenvalue weighted by Gasteiger charge is 2.14. The standard InChI is InChI=1S/C18H27Cl2N3O/c1-21(10-12-23-7-3-4-8-23)9-11-22(2)18(24)14-15-5-6-16(19)17(20)13-15/h5-6,13H,3-4,7-12,14H2,1-2H3. The maximum Gasteiger partial charge on any atom is 0.226 e. The van der Waals surface area contributed by atoms with Gasteiger partial charge < -0.3 is 14.7 Å². The van der Waals surface area contributed by atoms with Crippen LogP contribution in [0.3, 0.4) is 0 Å². The molecule has 134 valence electrons. The van der Waals surface area contributed by atoms with Crippen molar-refractivity contribution in [3.05, 3.63) is 33.8 Å². The highest BCUT2D eigenvalue weighted by Crippen LogP contribution is 2.22. The molecule has 0 bridgehead atoms. The van der Waals surface area contributed by atoms with E-state index in [4.69, 9.17) is 23.2 Å². The summed E-state index contributed by atoms with van der Waals surface area (Å²) < 4.78 is 0. The lowest BCUT2D eigenvalue weighted by Gasteiger charge is -2.24. The first kappa shape index (κ1) is 19.5. The summed E-state index contributed by atoms with van der Waals surface area (Å²) in [6.07, 6.45) is 3.01. The molecule has 0 saturated carbocycles. The summed E-state index contributed by atoms with van der Waals surface area (Å²) in [5, 5.41) is 1.01. The number of hydrogen-bond acceptors (Lipinski definition) is 3. The summed E-state index contributed by atoms with van der Waals surface area (Å²) in [6.45, 7) is 6.26. The van der Waals surface area contributed by atoms with Crippen molar-refractivity contribution in [1.29, 1.82) is 0 Å². The third-order valence-electron chi connectivity index (χ3n) is 4.58. The van der Waals surface area contributed by atoms with Crippen LogP contribution < -0.4 is 0 Å². The Kier molecular flexibility index (Phi) is 7.82. The topological polar surface area (TPSA) is 26.8 Å². The molecule has 0 aliphatic carbocycles. The van der Waals surface area contributed by atoms with Gasteiger partial charge in [-0.25, -0.2) is 0 Å². The molecule has 0 spiro atoms. The van der Waals surface area contributed by atoms with Gasteiger partial charge in [-0.15, -0.1) is 0 Å². The van der Waals surface area contributed by atoms with Crippen LogP contribution in [0, 0.1) is 0 Å². The highest BCUT2D eigenvalue weighted by molar-refractivity contribution is 6.42. The van der Waals surface area contributed by atoms with Crippen LogP contribution >= 0.6 is 23.2 Å². The molecule has 1 aromatic rings. The number of benzene rings is 1. The first-order valence-electron chi connectivity index (χ1n) is 8.54. The van der Waals surface area contributed by atoms with Crippen molar-refractivity contribution in [2.45, 2.75) is 19.3 Å². The lowest BCUT2D eigenvalue weighted by Crippen LogP contribution is -2.38. The first-order valence-corrected chi connectivity index (χ1v) is 9.30. The van der Waals surface area contributed by atoms with Crippen molar-refractivity contribution >= 4 is 29.1 Å². The van der Waals surface area contributed by atoms with E-state index in [1.165, 1.54) is 25.9 Å². The number of carbonyl (C=O) groups is 1. The van der Waals surface area contributed by atoms with Gasteiger partial charge in [0.15, 0.2) is 0 Å². The van der Waals surface area contributed by atoms with Crippen LogP contribution in [0.4, 0.5) is 0 Å². The number of likely N-dealkylation sites (tertiary alicyclic amines) is 1. The molecule has 2 rings (SSSR count). The quantitative estimate of drug-likeness (QED) is 0.702. The predicted molar refractivity (Wildman–Crippen MR) is 101 cm³/mol. The molecule has 0 N–H and O–H groups in total. The fourth-order valence-electron chi connectivity index (χ4n) is 2.83. The van der Waals surface area contributed by atoms with Crippen molar-refractivity contribution < 1.29 is 4.79 Å². The van der Waals surface area contributed by atoms with E-state index in [0.29, 0.717) is 16.5 Å². The van der Waals surface area contributed by atoms with Crippen LogP contribution in [0.5, 0.6) is 0 Å². The number of hydrogen-bond donors (Lipinski definition) is 0. The Balaban J connectivity index is 1.69. The second-order valence-electron chi connectivity index (χ2n) is 6.59. The summed E-state index contributed by atoms with van der Waals surface area (Å²) in [4.78, 5) is 18.9. The molecular formula is C18H27Cl2N3O. The Hall–Kier alpha value is -0.810. The van der Waals surface area contributed by atoms with Crippen molar-refractivity contribution in [2.75, 3.05) is 53.4 Å². The largest absolute Gasteiger partial charge is 0.344 e. The summed E-state index contributed by atoms with van der Waals surface area (Å²) in [7, 11) is 3.97. The number of carbonyl (C=O) groups excluding carboxylic acids is 1. The average Bonchev–Trinajstić information content (AvgIpc) is 3.07. The van der Waals surface area contributed by atoms with Crippen LogP contribution in [-0.4, -0.2) is 74.0 Å². The number of rotatable bonds is 8. The maximum atomic E-state index is 12.3. The van der Waals surface area contributed by atoms with E-state index in [1.54, 1.807) is 17.0 Å². The fraction of sp³-hybridized carbons (Fsp3) is 0.611. The number of nitrogens with zero attached hydrogens (tertiary/aromatic N) is 3. The number of halogens is 2. The van der Waals surface area contributed by atoms with E-state index in [0.717, 1.165) is 31.7 Å². The smallest absolute Gasteiger partial charge is 0.226 e. The van der Waals surface area contributed by atoms with Crippen LogP contribution in [0.2, 0.25) is 10.0 Å². The monoisotopic (exact) mass is 371 g/mol. The van der Waals surface area contributed by atoms with Gasteiger partial charge in [0.2, 0.25) is 5.91 Å². The molecule has 1 fully saturated rings. The normalized spacial score (nSPS) is 15.2. The van der Waals surface area contributed by atoms with Crippen LogP contribution in [0.1, 0.15) is 18.4 Å². The van der Waals surface area contributed by atoms with Crippen LogP contribution in [-0.2, 0) is 11.2 Å². The first-order chi connectivity index (χ1) is 11.5. The predicted octanol–water partition coefficient (Wildman–Crippen LogP) is 3.02. The summed E-state index contributed by atoms with van der Waals surface area (Å²) >= 11 is 11.9. The van der Waals surface area contributed by atoms with Gasteiger partial charge in [-0.3, -0.25) is 4.79 Å². The van der Waals surface area contributed by atoms with E-state index in [9.17, 15) is 4.79 Å². The molecule has 1 aromatic carbocycles. The van der Waals surface area contributed by atoms with Gasteiger partial charge in [-0.2, -0.15) is 0 Å². The van der Waals surface area contributed by atoms with E-state index in [1.807, 2.05) is 13.1 Å². The summed E-state index contributed by atoms with van der Waals surface area (Å²) in [5.41, 5.74) is 0.892. The van der Waals surface area contributed by atoms with Crippen molar-refractivity contribution in [2.24, 2.45) is 0 Å². The zero-order chi connectivity index (χ0) is 17.5. The summed E-state index contributed by atoms with van der Waals surface area (Å²) in [6, 6.07) is 5.35. The van der Waals surface area contributed by atoms with Gasteiger partial charge in [0.1, 0.15) is 0 Å². The Bertz CT molecular complexity index is 547. The molecule has 0 aromatic heterocycles. The lowest BCUT2D eigenvalue weighted by atomic mass is 10.1. The fourth-order valence-corrected chi connectivity index (χ4v) is 3.16. The van der Waals surface area contributed by atoms with E-state index < -0.39 is 0 Å². The zero-order valence-electron chi connectivity index (χ0n) is 14.6. The van der Waals surface area contributed by atoms with Crippen LogP contribution in [0.25, 0.3) is 0 Å². The Labute approximate surface area is 155 Å². The Morgan fingerprint density at radius 1 is 1.08 bits per heavy atom. The SMILES string of the molecule is CN(CCN1CCCC1)CCN(C)C(=O)Cc1ccc(Cl)c(Cl)c1. The maximum absolute atomic E-state index is 12.3. The summed E-state index contributed by atoms with van der Waals surface area (Å²) in [5.74, 6) is 0.0985. The Morgan fingerprint density at radius 2 is 1.79 bits per heavy atom. The molecule has 4 nitrogen and oxygen atoms in total. The van der Waals surface area contributed by atoms with E-state index in [2.05, 4.69) is 16.8 Å². The zero-order valence-corrected chi connectivity index (χ0v) is 16.1. The average molecular weight is 372 g/mol. The molecule has 0 unspecified atom stereocenters. The van der Waals surface area contributed by atoms with Crippen molar-refractivity contribution in [3.8, 4) is 0 Å². The van der Waals surface area contributed by atoms with Gasteiger partial charge in [0.05, 0.1) is 16.5 Å². The van der Waals surface area contributed by atoms with Gasteiger partial charge in [-0.05, 0) is 50.7 Å². The molecule has 0 radical (unpaired) electrons. The second-order valence-corrected chi connectivity index (χ2v) is 7.41. The number of likely N-dealkylation sites (N-methyl/N-ethyl adjacent to an activating group) is 2. The minimum Gasteiger partial charge on any atom is -0.344 e. The third kappa shape index (κ3) is 6.25. The molecule has 1 aliphatic heterocycles. The number of amides is 1. The molecule has 1 aliphatic rings. The van der Waals surface area contributed by atoms with Crippen LogP contribution in [0.15, 0.2) is 18.2 Å². The highest BCUT2D eigenvalue weighted by atomic mass is 35.5. The van der Waals surface area contributed by atoms with E-state index in [-0.39, 0.29) is 5.91 Å². The lowest BCUT2D eigenvalue weighted by molar-refractivity contribution is -0.129. The van der Waals surface area contributed by atoms with E-state index >= 15 is 0 Å². The second kappa shape index (κ2) is 9.62. The third-order valence-corrected chi connectivity index (χ3v) is 5.32. The molecule has 1 amide bonds. The molecular weight excluding hydrogens is 345 g/mol. The van der Waals surface area contributed by atoms with Gasteiger partial charge in [-0.1, -0.05) is 29.3 Å². The minimum absolute atomic E-state index is 0.0985. The Morgan fingerprint density at radius 3 is 2.46 bits per heavy atom.